The lowest BCUT2D eigenvalue weighted by molar-refractivity contribution is 0.247. The number of anilines is 1. The summed E-state index contributed by atoms with van der Waals surface area (Å²) in [5.74, 6) is 2.84. The van der Waals surface area contributed by atoms with Gasteiger partial charge in [-0.25, -0.2) is 4.79 Å². The Morgan fingerprint density at radius 1 is 1.13 bits per heavy atom. The average molecular weight is 321 g/mol. The van der Waals surface area contributed by atoms with Crippen LogP contribution >= 0.6 is 0 Å². The van der Waals surface area contributed by atoms with Crippen molar-refractivity contribution < 1.29 is 23.5 Å². The van der Waals surface area contributed by atoms with Crippen molar-refractivity contribution >= 4 is 11.8 Å². The largest absolute Gasteiger partial charge is 0.496 e. The van der Waals surface area contributed by atoms with Crippen molar-refractivity contribution in [2.45, 2.75) is 6.92 Å². The molecule has 2 rings (SSSR count). The summed E-state index contributed by atoms with van der Waals surface area (Å²) < 4.78 is 20.7. The standard InChI is InChI=1S/C15H19N3O5/c1-10-6-14(18-23-10)17-15(19)16-4-5-22-13-8-11(20-2)7-12(9-13)21-3/h6-9H,4-5H2,1-3H3,(H2,16,17,18,19). The molecule has 2 amide bonds. The van der Waals surface area contributed by atoms with E-state index in [9.17, 15) is 4.79 Å². The minimum atomic E-state index is -0.384. The number of urea groups is 1. The molecular weight excluding hydrogens is 302 g/mol. The van der Waals surface area contributed by atoms with Crippen molar-refractivity contribution in [2.24, 2.45) is 0 Å². The highest BCUT2D eigenvalue weighted by Crippen LogP contribution is 2.27. The van der Waals surface area contributed by atoms with Gasteiger partial charge in [-0.2, -0.15) is 0 Å². The van der Waals surface area contributed by atoms with Crippen molar-refractivity contribution in [3.8, 4) is 17.2 Å². The first-order valence-electron chi connectivity index (χ1n) is 6.94. The Morgan fingerprint density at radius 2 is 1.78 bits per heavy atom. The van der Waals surface area contributed by atoms with Crippen LogP contribution in [-0.4, -0.2) is 38.6 Å². The van der Waals surface area contributed by atoms with Gasteiger partial charge in [-0.1, -0.05) is 5.16 Å². The number of nitrogens with one attached hydrogen (secondary N) is 2. The molecular formula is C15H19N3O5. The van der Waals surface area contributed by atoms with Gasteiger partial charge in [0.2, 0.25) is 0 Å². The number of methoxy groups -OCH3 is 2. The molecule has 0 fully saturated rings. The van der Waals surface area contributed by atoms with Gasteiger partial charge in [0.05, 0.1) is 20.8 Å². The first-order valence-corrected chi connectivity index (χ1v) is 6.94. The van der Waals surface area contributed by atoms with Crippen molar-refractivity contribution in [1.82, 2.24) is 10.5 Å². The molecule has 0 atom stereocenters. The predicted molar refractivity (Wildman–Crippen MR) is 83.3 cm³/mol. The summed E-state index contributed by atoms with van der Waals surface area (Å²) in [7, 11) is 3.13. The minimum Gasteiger partial charge on any atom is -0.496 e. The Bertz CT molecular complexity index is 634. The Morgan fingerprint density at radius 3 is 2.35 bits per heavy atom. The van der Waals surface area contributed by atoms with Gasteiger partial charge >= 0.3 is 6.03 Å². The van der Waals surface area contributed by atoms with Gasteiger partial charge in [0, 0.05) is 24.3 Å². The van der Waals surface area contributed by atoms with E-state index >= 15 is 0 Å². The second kappa shape index (κ2) is 7.92. The van der Waals surface area contributed by atoms with Gasteiger partial charge in [0.1, 0.15) is 29.6 Å². The quantitative estimate of drug-likeness (QED) is 0.759. The number of aromatic nitrogens is 1. The van der Waals surface area contributed by atoms with Crippen LogP contribution < -0.4 is 24.8 Å². The molecule has 0 radical (unpaired) electrons. The molecule has 0 aliphatic carbocycles. The Labute approximate surface area is 133 Å². The van der Waals surface area contributed by atoms with E-state index in [-0.39, 0.29) is 6.03 Å². The number of hydrogen-bond donors (Lipinski definition) is 2. The molecule has 0 bridgehead atoms. The van der Waals surface area contributed by atoms with Gasteiger partial charge in [0.25, 0.3) is 0 Å². The number of amides is 2. The summed E-state index contributed by atoms with van der Waals surface area (Å²) in [6, 6.07) is 6.46. The van der Waals surface area contributed by atoms with E-state index in [4.69, 9.17) is 18.7 Å². The molecule has 8 heteroatoms. The number of ether oxygens (including phenoxy) is 3. The van der Waals surface area contributed by atoms with Crippen molar-refractivity contribution in [2.75, 3.05) is 32.7 Å². The molecule has 23 heavy (non-hydrogen) atoms. The molecule has 8 nitrogen and oxygen atoms in total. The zero-order valence-corrected chi connectivity index (χ0v) is 13.2. The molecule has 0 saturated heterocycles. The van der Waals surface area contributed by atoms with Crippen molar-refractivity contribution in [3.63, 3.8) is 0 Å². The normalized spacial score (nSPS) is 10.0. The molecule has 0 spiro atoms. The molecule has 0 aliphatic heterocycles. The lowest BCUT2D eigenvalue weighted by Gasteiger charge is -2.10. The smallest absolute Gasteiger partial charge is 0.320 e. The van der Waals surface area contributed by atoms with Crippen molar-refractivity contribution in [3.05, 3.63) is 30.0 Å². The first-order chi connectivity index (χ1) is 11.1. The first kappa shape index (κ1) is 16.5. The van der Waals surface area contributed by atoms with Crippen LogP contribution in [0, 0.1) is 6.92 Å². The fourth-order valence-corrected chi connectivity index (χ4v) is 1.78. The summed E-state index contributed by atoms with van der Waals surface area (Å²) in [5.41, 5.74) is 0. The van der Waals surface area contributed by atoms with E-state index < -0.39 is 0 Å². The maximum absolute atomic E-state index is 11.6. The van der Waals surface area contributed by atoms with Crippen LogP contribution in [0.1, 0.15) is 5.76 Å². The lowest BCUT2D eigenvalue weighted by Crippen LogP contribution is -2.32. The molecule has 0 aliphatic rings. The summed E-state index contributed by atoms with van der Waals surface area (Å²) in [6.07, 6.45) is 0. The van der Waals surface area contributed by atoms with Crippen LogP contribution in [0.2, 0.25) is 0 Å². The minimum absolute atomic E-state index is 0.293. The highest BCUT2D eigenvalue weighted by atomic mass is 16.5. The molecule has 1 aromatic heterocycles. The van der Waals surface area contributed by atoms with Gasteiger partial charge in [-0.15, -0.1) is 0 Å². The predicted octanol–water partition coefficient (Wildman–Crippen LogP) is 2.20. The topological polar surface area (TPSA) is 94.8 Å². The summed E-state index contributed by atoms with van der Waals surface area (Å²) in [5, 5.41) is 8.86. The highest BCUT2D eigenvalue weighted by Gasteiger charge is 2.06. The van der Waals surface area contributed by atoms with Gasteiger partial charge in [-0.05, 0) is 6.92 Å². The average Bonchev–Trinajstić information content (AvgIpc) is 2.96. The number of hydrogen-bond acceptors (Lipinski definition) is 6. The lowest BCUT2D eigenvalue weighted by atomic mass is 10.3. The van der Waals surface area contributed by atoms with Gasteiger partial charge in [-0.3, -0.25) is 5.32 Å². The fourth-order valence-electron chi connectivity index (χ4n) is 1.78. The van der Waals surface area contributed by atoms with Crippen LogP contribution in [0.4, 0.5) is 10.6 Å². The third kappa shape index (κ3) is 5.10. The second-order valence-corrected chi connectivity index (χ2v) is 4.60. The van der Waals surface area contributed by atoms with E-state index in [1.807, 2.05) is 0 Å². The highest BCUT2D eigenvalue weighted by molar-refractivity contribution is 5.88. The summed E-state index contributed by atoms with van der Waals surface area (Å²) in [6.45, 7) is 2.36. The molecule has 2 aromatic rings. The molecule has 1 heterocycles. The number of nitrogens with zero attached hydrogens (tertiary/aromatic N) is 1. The Balaban J connectivity index is 1.75. The maximum atomic E-state index is 11.6. The number of benzene rings is 1. The van der Waals surface area contributed by atoms with Crippen molar-refractivity contribution in [1.29, 1.82) is 0 Å². The molecule has 0 saturated carbocycles. The number of carbonyl (C=O) groups is 1. The third-order valence-corrected chi connectivity index (χ3v) is 2.85. The fraction of sp³-hybridized carbons (Fsp3) is 0.333. The van der Waals surface area contributed by atoms with Crippen LogP contribution in [0.5, 0.6) is 17.2 Å². The van der Waals surface area contributed by atoms with Gasteiger partial charge < -0.3 is 24.1 Å². The van der Waals surface area contributed by atoms with Crippen LogP contribution in [0.25, 0.3) is 0 Å². The van der Waals surface area contributed by atoms with Gasteiger partial charge in [0.15, 0.2) is 5.82 Å². The Kier molecular flexibility index (Phi) is 5.67. The molecule has 2 N–H and O–H groups in total. The zero-order chi connectivity index (χ0) is 16.7. The Hall–Kier alpha value is -2.90. The van der Waals surface area contributed by atoms with E-state index in [0.717, 1.165) is 0 Å². The van der Waals surface area contributed by atoms with E-state index in [1.54, 1.807) is 45.4 Å². The number of aryl methyl sites for hydroxylation is 1. The maximum Gasteiger partial charge on any atom is 0.320 e. The second-order valence-electron chi connectivity index (χ2n) is 4.60. The van der Waals surface area contributed by atoms with Crippen LogP contribution in [-0.2, 0) is 0 Å². The van der Waals surface area contributed by atoms with E-state index in [0.29, 0.717) is 42.0 Å². The summed E-state index contributed by atoms with van der Waals surface area (Å²) >= 11 is 0. The number of rotatable bonds is 7. The molecule has 124 valence electrons. The zero-order valence-electron chi connectivity index (χ0n) is 13.2. The number of carbonyl (C=O) groups excluding carboxylic acids is 1. The summed E-state index contributed by atoms with van der Waals surface area (Å²) in [4.78, 5) is 11.6. The molecule has 0 unspecified atom stereocenters. The van der Waals surface area contributed by atoms with E-state index in [2.05, 4.69) is 15.8 Å². The SMILES string of the molecule is COc1cc(OC)cc(OCCNC(=O)Nc2cc(C)on2)c1. The van der Waals surface area contributed by atoms with E-state index in [1.165, 1.54) is 0 Å². The van der Waals surface area contributed by atoms with Crippen LogP contribution in [0.15, 0.2) is 28.8 Å². The molecule has 1 aromatic carbocycles. The monoisotopic (exact) mass is 321 g/mol. The third-order valence-electron chi connectivity index (χ3n) is 2.85. The van der Waals surface area contributed by atoms with Crippen LogP contribution in [0.3, 0.4) is 0 Å².